The summed E-state index contributed by atoms with van der Waals surface area (Å²) in [5.41, 5.74) is 5.31. The Balaban J connectivity index is 1.93. The highest BCUT2D eigenvalue weighted by Crippen LogP contribution is 2.28. The SMILES string of the molecule is C[C@@H](N)C(=O)OCCOc1cc(F)c(N2CCN(C)CC2)c(F)c1. The van der Waals surface area contributed by atoms with Gasteiger partial charge in [0, 0.05) is 38.3 Å². The molecule has 1 aliphatic rings. The maximum Gasteiger partial charge on any atom is 0.322 e. The maximum atomic E-state index is 14.3. The van der Waals surface area contributed by atoms with Crippen LogP contribution in [-0.4, -0.2) is 63.4 Å². The summed E-state index contributed by atoms with van der Waals surface area (Å²) < 4.78 is 38.6. The third kappa shape index (κ3) is 4.78. The first-order valence-electron chi connectivity index (χ1n) is 7.86. The Kier molecular flexibility index (Phi) is 6.33. The van der Waals surface area contributed by atoms with E-state index in [1.807, 2.05) is 7.05 Å². The number of likely N-dealkylation sites (N-methyl/N-ethyl adjacent to an activating group) is 1. The molecule has 1 aromatic rings. The Hall–Kier alpha value is -1.93. The Labute approximate surface area is 140 Å². The van der Waals surface area contributed by atoms with Gasteiger partial charge < -0.3 is 25.0 Å². The first-order chi connectivity index (χ1) is 11.4. The van der Waals surface area contributed by atoms with Gasteiger partial charge in [0.15, 0.2) is 11.6 Å². The Morgan fingerprint density at radius 3 is 2.33 bits per heavy atom. The van der Waals surface area contributed by atoms with Crippen molar-refractivity contribution in [3.63, 3.8) is 0 Å². The molecule has 8 heteroatoms. The highest BCUT2D eigenvalue weighted by Gasteiger charge is 2.22. The first-order valence-corrected chi connectivity index (χ1v) is 7.86. The van der Waals surface area contributed by atoms with Gasteiger partial charge in [-0.05, 0) is 14.0 Å². The number of rotatable bonds is 6. The number of anilines is 1. The lowest BCUT2D eigenvalue weighted by Crippen LogP contribution is -2.45. The quantitative estimate of drug-likeness (QED) is 0.614. The molecule has 1 saturated heterocycles. The number of carbonyl (C=O) groups excluding carboxylic acids is 1. The van der Waals surface area contributed by atoms with Gasteiger partial charge in [-0.1, -0.05) is 0 Å². The lowest BCUT2D eigenvalue weighted by atomic mass is 10.2. The van der Waals surface area contributed by atoms with E-state index in [1.54, 1.807) is 4.90 Å². The van der Waals surface area contributed by atoms with Gasteiger partial charge in [0.25, 0.3) is 0 Å². The van der Waals surface area contributed by atoms with Crippen molar-refractivity contribution in [2.24, 2.45) is 5.73 Å². The predicted molar refractivity (Wildman–Crippen MR) is 86.2 cm³/mol. The number of halogens is 2. The lowest BCUT2D eigenvalue weighted by Gasteiger charge is -2.34. The van der Waals surface area contributed by atoms with Gasteiger partial charge in [0.2, 0.25) is 0 Å². The molecule has 6 nitrogen and oxygen atoms in total. The molecular weight excluding hydrogens is 320 g/mol. The largest absolute Gasteiger partial charge is 0.490 e. The van der Waals surface area contributed by atoms with E-state index in [4.69, 9.17) is 15.2 Å². The minimum atomic E-state index is -0.720. The van der Waals surface area contributed by atoms with Crippen LogP contribution in [-0.2, 0) is 9.53 Å². The van der Waals surface area contributed by atoms with E-state index < -0.39 is 23.6 Å². The third-order valence-electron chi connectivity index (χ3n) is 3.78. The molecule has 0 spiro atoms. The molecule has 0 amide bonds. The molecule has 1 fully saturated rings. The molecule has 0 unspecified atom stereocenters. The minimum Gasteiger partial charge on any atom is -0.490 e. The van der Waals surface area contributed by atoms with Crippen LogP contribution in [0.15, 0.2) is 12.1 Å². The maximum absolute atomic E-state index is 14.3. The van der Waals surface area contributed by atoms with Gasteiger partial charge in [-0.15, -0.1) is 0 Å². The second kappa shape index (κ2) is 8.25. The fourth-order valence-electron chi connectivity index (χ4n) is 2.39. The van der Waals surface area contributed by atoms with Crippen LogP contribution in [0.2, 0.25) is 0 Å². The number of benzene rings is 1. The summed E-state index contributed by atoms with van der Waals surface area (Å²) in [6.45, 7) is 4.10. The van der Waals surface area contributed by atoms with Crippen LogP contribution < -0.4 is 15.4 Å². The summed E-state index contributed by atoms with van der Waals surface area (Å²) >= 11 is 0. The van der Waals surface area contributed by atoms with Gasteiger partial charge >= 0.3 is 5.97 Å². The van der Waals surface area contributed by atoms with Crippen molar-refractivity contribution < 1.29 is 23.0 Å². The van der Waals surface area contributed by atoms with Crippen molar-refractivity contribution in [2.45, 2.75) is 13.0 Å². The number of nitrogens with two attached hydrogens (primary N) is 1. The van der Waals surface area contributed by atoms with Gasteiger partial charge in [0.05, 0.1) is 0 Å². The predicted octanol–water partition coefficient (Wildman–Crippen LogP) is 0.986. The number of carbonyl (C=O) groups is 1. The number of ether oxygens (including phenoxy) is 2. The molecule has 1 heterocycles. The van der Waals surface area contributed by atoms with Crippen molar-refractivity contribution in [1.29, 1.82) is 0 Å². The van der Waals surface area contributed by atoms with Gasteiger partial charge in [-0.2, -0.15) is 0 Å². The molecule has 2 rings (SSSR count). The Morgan fingerprint density at radius 1 is 1.21 bits per heavy atom. The van der Waals surface area contributed by atoms with Crippen molar-refractivity contribution in [3.05, 3.63) is 23.8 Å². The zero-order chi connectivity index (χ0) is 17.7. The smallest absolute Gasteiger partial charge is 0.322 e. The first kappa shape index (κ1) is 18.4. The van der Waals surface area contributed by atoms with Gasteiger partial charge in [-0.25, -0.2) is 8.78 Å². The average Bonchev–Trinajstić information content (AvgIpc) is 2.52. The lowest BCUT2D eigenvalue weighted by molar-refractivity contribution is -0.145. The van der Waals surface area contributed by atoms with Crippen LogP contribution in [0.25, 0.3) is 0 Å². The van der Waals surface area contributed by atoms with Crippen LogP contribution in [0.3, 0.4) is 0 Å². The second-order valence-electron chi connectivity index (χ2n) is 5.83. The molecule has 0 saturated carbocycles. The average molecular weight is 343 g/mol. The summed E-state index contributed by atoms with van der Waals surface area (Å²) in [6, 6.07) is 1.57. The molecule has 1 aromatic carbocycles. The zero-order valence-corrected chi connectivity index (χ0v) is 13.9. The standard InChI is InChI=1S/C16H23F2N3O3/c1-11(19)16(22)24-8-7-23-12-9-13(17)15(14(18)10-12)21-5-3-20(2)4-6-21/h9-11H,3-8,19H2,1-2H3/t11-/m1/s1. The minimum absolute atomic E-state index is 0.00873. The number of piperazine rings is 1. The number of hydrogen-bond acceptors (Lipinski definition) is 6. The van der Waals surface area contributed by atoms with Crippen LogP contribution in [0, 0.1) is 11.6 Å². The summed E-state index contributed by atoms with van der Waals surface area (Å²) in [6.07, 6.45) is 0. The molecule has 134 valence electrons. The van der Waals surface area contributed by atoms with Crippen molar-refractivity contribution in [2.75, 3.05) is 51.3 Å². The van der Waals surface area contributed by atoms with Crippen LogP contribution in [0.5, 0.6) is 5.75 Å². The molecule has 1 aliphatic heterocycles. The van der Waals surface area contributed by atoms with Crippen molar-refractivity contribution in [1.82, 2.24) is 4.90 Å². The van der Waals surface area contributed by atoms with E-state index in [1.165, 1.54) is 6.92 Å². The topological polar surface area (TPSA) is 68.0 Å². The van der Waals surface area contributed by atoms with E-state index in [0.717, 1.165) is 25.2 Å². The van der Waals surface area contributed by atoms with E-state index in [9.17, 15) is 13.6 Å². The highest BCUT2D eigenvalue weighted by atomic mass is 19.1. The monoisotopic (exact) mass is 343 g/mol. The molecule has 0 aliphatic carbocycles. The van der Waals surface area contributed by atoms with Crippen molar-refractivity contribution >= 4 is 11.7 Å². The fraction of sp³-hybridized carbons (Fsp3) is 0.562. The number of nitrogens with zero attached hydrogens (tertiary/aromatic N) is 2. The zero-order valence-electron chi connectivity index (χ0n) is 13.9. The summed E-state index contributed by atoms with van der Waals surface area (Å²) in [5, 5.41) is 0. The summed E-state index contributed by atoms with van der Waals surface area (Å²) in [5.74, 6) is -1.83. The number of esters is 1. The number of hydrogen-bond donors (Lipinski definition) is 1. The summed E-state index contributed by atoms with van der Waals surface area (Å²) in [4.78, 5) is 15.0. The van der Waals surface area contributed by atoms with Gasteiger partial charge in [0.1, 0.15) is 30.7 Å². The second-order valence-corrected chi connectivity index (χ2v) is 5.83. The normalized spacial score (nSPS) is 16.8. The molecule has 24 heavy (non-hydrogen) atoms. The molecular formula is C16H23F2N3O3. The summed E-state index contributed by atoms with van der Waals surface area (Å²) in [7, 11) is 1.97. The molecule has 2 N–H and O–H groups in total. The van der Waals surface area contributed by atoms with E-state index in [-0.39, 0.29) is 24.7 Å². The van der Waals surface area contributed by atoms with E-state index in [0.29, 0.717) is 13.1 Å². The third-order valence-corrected chi connectivity index (χ3v) is 3.78. The molecule has 0 aromatic heterocycles. The van der Waals surface area contributed by atoms with Gasteiger partial charge in [-0.3, -0.25) is 4.79 Å². The molecule has 1 atom stereocenters. The Bertz CT molecular complexity index is 553. The van der Waals surface area contributed by atoms with E-state index in [2.05, 4.69) is 4.90 Å². The molecule has 0 radical (unpaired) electrons. The van der Waals surface area contributed by atoms with Crippen molar-refractivity contribution in [3.8, 4) is 5.75 Å². The van der Waals surface area contributed by atoms with E-state index >= 15 is 0 Å². The molecule has 0 bridgehead atoms. The van der Waals surface area contributed by atoms with Crippen LogP contribution >= 0.6 is 0 Å². The van der Waals surface area contributed by atoms with Crippen LogP contribution in [0.1, 0.15) is 6.92 Å². The Morgan fingerprint density at radius 2 is 1.79 bits per heavy atom. The highest BCUT2D eigenvalue weighted by molar-refractivity contribution is 5.74. The fourth-order valence-corrected chi connectivity index (χ4v) is 2.39. The van der Waals surface area contributed by atoms with Crippen LogP contribution in [0.4, 0.5) is 14.5 Å².